The Morgan fingerprint density at radius 1 is 1.04 bits per heavy atom. The number of halogens is 1. The van der Waals surface area contributed by atoms with Gasteiger partial charge >= 0.3 is 5.97 Å². The Bertz CT molecular complexity index is 775. The van der Waals surface area contributed by atoms with E-state index in [0.717, 1.165) is 11.1 Å². The van der Waals surface area contributed by atoms with Crippen LogP contribution in [-0.4, -0.2) is 28.4 Å². The zero-order chi connectivity index (χ0) is 17.1. The Hall–Kier alpha value is -2.69. The maximum atomic E-state index is 14.4. The van der Waals surface area contributed by atoms with Crippen molar-refractivity contribution in [3.63, 3.8) is 0 Å². The molecule has 3 rings (SSSR count). The molecular weight excluding hydrogens is 309 g/mol. The molecule has 2 aromatic carbocycles. The molecule has 2 aromatic rings. The molecule has 0 radical (unpaired) electrons. The van der Waals surface area contributed by atoms with Crippen molar-refractivity contribution in [3.8, 4) is 0 Å². The second kappa shape index (κ2) is 6.83. The van der Waals surface area contributed by atoms with Crippen LogP contribution in [0, 0.1) is 5.82 Å². The molecule has 1 N–H and O–H groups in total. The SMILES string of the molecule is O=C(O)CCC(=O)N1CCc2ccccc2C1c1ccccc1F. The molecule has 5 heteroatoms. The number of hydrogen-bond acceptors (Lipinski definition) is 2. The van der Waals surface area contributed by atoms with Crippen LogP contribution in [0.4, 0.5) is 4.39 Å². The van der Waals surface area contributed by atoms with E-state index < -0.39 is 12.0 Å². The summed E-state index contributed by atoms with van der Waals surface area (Å²) in [6, 6.07) is 13.6. The quantitative estimate of drug-likeness (QED) is 0.938. The molecule has 0 saturated carbocycles. The first-order valence-electron chi connectivity index (χ1n) is 7.91. The number of fused-ring (bicyclic) bond motifs is 1. The van der Waals surface area contributed by atoms with Crippen molar-refractivity contribution in [2.75, 3.05) is 6.54 Å². The van der Waals surface area contributed by atoms with Crippen LogP contribution in [-0.2, 0) is 16.0 Å². The van der Waals surface area contributed by atoms with Gasteiger partial charge in [-0.3, -0.25) is 9.59 Å². The largest absolute Gasteiger partial charge is 0.481 e. The number of aliphatic carboxylic acids is 1. The second-order valence-corrected chi connectivity index (χ2v) is 5.85. The zero-order valence-corrected chi connectivity index (χ0v) is 13.1. The molecule has 24 heavy (non-hydrogen) atoms. The summed E-state index contributed by atoms with van der Waals surface area (Å²) >= 11 is 0. The van der Waals surface area contributed by atoms with Gasteiger partial charge < -0.3 is 10.0 Å². The third-order valence-electron chi connectivity index (χ3n) is 4.36. The van der Waals surface area contributed by atoms with Gasteiger partial charge in [-0.2, -0.15) is 0 Å². The number of carboxylic acid groups (broad SMARTS) is 1. The minimum Gasteiger partial charge on any atom is -0.481 e. The van der Waals surface area contributed by atoms with Gasteiger partial charge in [0, 0.05) is 18.5 Å². The van der Waals surface area contributed by atoms with Crippen molar-refractivity contribution in [2.45, 2.75) is 25.3 Å². The van der Waals surface area contributed by atoms with E-state index in [4.69, 9.17) is 5.11 Å². The molecule has 0 saturated heterocycles. The standard InChI is InChI=1S/C19H18FNO3/c20-16-8-4-3-7-15(16)19-14-6-2-1-5-13(14)11-12-21(19)17(22)9-10-18(23)24/h1-8,19H,9-12H2,(H,23,24). The van der Waals surface area contributed by atoms with Crippen LogP contribution in [0.25, 0.3) is 0 Å². The zero-order valence-electron chi connectivity index (χ0n) is 13.1. The van der Waals surface area contributed by atoms with Gasteiger partial charge in [0.25, 0.3) is 0 Å². The molecule has 0 bridgehead atoms. The van der Waals surface area contributed by atoms with E-state index in [1.807, 2.05) is 24.3 Å². The summed E-state index contributed by atoms with van der Waals surface area (Å²) < 4.78 is 14.4. The molecule has 0 aromatic heterocycles. The van der Waals surface area contributed by atoms with E-state index in [1.54, 1.807) is 23.1 Å². The molecule has 4 nitrogen and oxygen atoms in total. The molecule has 1 aliphatic heterocycles. The Labute approximate surface area is 139 Å². The first-order chi connectivity index (χ1) is 11.6. The van der Waals surface area contributed by atoms with Crippen LogP contribution in [0.15, 0.2) is 48.5 Å². The topological polar surface area (TPSA) is 57.6 Å². The molecule has 1 amide bonds. The molecule has 124 valence electrons. The highest BCUT2D eigenvalue weighted by Crippen LogP contribution is 2.36. The predicted octanol–water partition coefficient (Wildman–Crippen LogP) is 3.16. The molecule has 1 aliphatic rings. The molecule has 1 unspecified atom stereocenters. The summed E-state index contributed by atoms with van der Waals surface area (Å²) in [6.45, 7) is 0.453. The Balaban J connectivity index is 2.01. The van der Waals surface area contributed by atoms with E-state index >= 15 is 0 Å². The lowest BCUT2D eigenvalue weighted by Gasteiger charge is -2.38. The van der Waals surface area contributed by atoms with Gasteiger partial charge in [-0.15, -0.1) is 0 Å². The lowest BCUT2D eigenvalue weighted by molar-refractivity contribution is -0.141. The summed E-state index contributed by atoms with van der Waals surface area (Å²) in [6.07, 6.45) is 0.378. The van der Waals surface area contributed by atoms with E-state index in [1.165, 1.54) is 6.07 Å². The van der Waals surface area contributed by atoms with E-state index in [-0.39, 0.29) is 24.6 Å². The fourth-order valence-corrected chi connectivity index (χ4v) is 3.22. The summed E-state index contributed by atoms with van der Waals surface area (Å²) in [5, 5.41) is 8.81. The molecule has 0 spiro atoms. The van der Waals surface area contributed by atoms with E-state index in [2.05, 4.69) is 0 Å². The van der Waals surface area contributed by atoms with Gasteiger partial charge in [0.15, 0.2) is 0 Å². The first-order valence-corrected chi connectivity index (χ1v) is 7.91. The average Bonchev–Trinajstić information content (AvgIpc) is 2.59. The van der Waals surface area contributed by atoms with Crippen molar-refractivity contribution < 1.29 is 19.1 Å². The number of rotatable bonds is 4. The minimum atomic E-state index is -1.01. The third-order valence-corrected chi connectivity index (χ3v) is 4.36. The third kappa shape index (κ3) is 3.15. The highest BCUT2D eigenvalue weighted by Gasteiger charge is 2.33. The van der Waals surface area contributed by atoms with Crippen molar-refractivity contribution in [3.05, 3.63) is 71.0 Å². The van der Waals surface area contributed by atoms with Crippen LogP contribution < -0.4 is 0 Å². The average molecular weight is 327 g/mol. The molecule has 1 heterocycles. The van der Waals surface area contributed by atoms with Crippen molar-refractivity contribution in [2.24, 2.45) is 0 Å². The van der Waals surface area contributed by atoms with Gasteiger partial charge in [-0.25, -0.2) is 4.39 Å². The summed E-state index contributed by atoms with van der Waals surface area (Å²) in [7, 11) is 0. The fraction of sp³-hybridized carbons (Fsp3) is 0.263. The van der Waals surface area contributed by atoms with E-state index in [0.29, 0.717) is 18.5 Å². The second-order valence-electron chi connectivity index (χ2n) is 5.85. The molecule has 0 aliphatic carbocycles. The minimum absolute atomic E-state index is 0.0809. The molecule has 0 fully saturated rings. The summed E-state index contributed by atoms with van der Waals surface area (Å²) in [5.74, 6) is -1.64. The Morgan fingerprint density at radius 3 is 2.42 bits per heavy atom. The van der Waals surface area contributed by atoms with Gasteiger partial charge in [0.05, 0.1) is 12.5 Å². The Kier molecular flexibility index (Phi) is 4.60. The van der Waals surface area contributed by atoms with Crippen LogP contribution in [0.2, 0.25) is 0 Å². The highest BCUT2D eigenvalue weighted by atomic mass is 19.1. The highest BCUT2D eigenvalue weighted by molar-refractivity contribution is 5.81. The van der Waals surface area contributed by atoms with Crippen molar-refractivity contribution in [1.82, 2.24) is 4.90 Å². The summed E-state index contributed by atoms with van der Waals surface area (Å²) in [4.78, 5) is 24.9. The predicted molar refractivity (Wildman–Crippen MR) is 87.0 cm³/mol. The molecule has 1 atom stereocenters. The van der Waals surface area contributed by atoms with Crippen LogP contribution in [0.1, 0.15) is 35.6 Å². The maximum absolute atomic E-state index is 14.4. The summed E-state index contributed by atoms with van der Waals surface area (Å²) in [5.41, 5.74) is 2.43. The number of benzene rings is 2. The normalized spacial score (nSPS) is 16.5. The van der Waals surface area contributed by atoms with Crippen LogP contribution in [0.3, 0.4) is 0 Å². The van der Waals surface area contributed by atoms with Gasteiger partial charge in [-0.1, -0.05) is 42.5 Å². The fourth-order valence-electron chi connectivity index (χ4n) is 3.22. The number of hydrogen-bond donors (Lipinski definition) is 1. The smallest absolute Gasteiger partial charge is 0.303 e. The lowest BCUT2D eigenvalue weighted by Crippen LogP contribution is -2.41. The van der Waals surface area contributed by atoms with Crippen LogP contribution >= 0.6 is 0 Å². The number of amides is 1. The van der Waals surface area contributed by atoms with Gasteiger partial charge in [-0.05, 0) is 23.6 Å². The Morgan fingerprint density at radius 2 is 1.71 bits per heavy atom. The van der Waals surface area contributed by atoms with Crippen LogP contribution in [0.5, 0.6) is 0 Å². The molecular formula is C19H18FNO3. The van der Waals surface area contributed by atoms with Gasteiger partial charge in [0.2, 0.25) is 5.91 Å². The van der Waals surface area contributed by atoms with E-state index in [9.17, 15) is 14.0 Å². The number of nitrogens with zero attached hydrogens (tertiary/aromatic N) is 1. The maximum Gasteiger partial charge on any atom is 0.303 e. The number of carbonyl (C=O) groups excluding carboxylic acids is 1. The lowest BCUT2D eigenvalue weighted by atomic mass is 9.87. The van der Waals surface area contributed by atoms with Crippen molar-refractivity contribution in [1.29, 1.82) is 0 Å². The van der Waals surface area contributed by atoms with Gasteiger partial charge in [0.1, 0.15) is 5.82 Å². The number of carboxylic acids is 1. The monoisotopic (exact) mass is 327 g/mol. The number of carbonyl (C=O) groups is 2. The first kappa shape index (κ1) is 16.2. The van der Waals surface area contributed by atoms with Crippen molar-refractivity contribution >= 4 is 11.9 Å².